The van der Waals surface area contributed by atoms with Crippen molar-refractivity contribution in [2.75, 3.05) is 39.9 Å². The summed E-state index contributed by atoms with van der Waals surface area (Å²) in [4.78, 5) is 2.58. The molecule has 4 heteroatoms. The number of likely N-dealkylation sites (N-methyl/N-ethyl adjacent to an activating group) is 1. The third-order valence-corrected chi connectivity index (χ3v) is 5.47. The average molecular weight is 284 g/mol. The lowest BCUT2D eigenvalue weighted by Crippen LogP contribution is -2.50. The van der Waals surface area contributed by atoms with E-state index in [1.165, 1.54) is 51.7 Å². The summed E-state index contributed by atoms with van der Waals surface area (Å²) in [7, 11) is 2.00. The zero-order chi connectivity index (χ0) is 14.4. The van der Waals surface area contributed by atoms with Crippen LogP contribution in [0.15, 0.2) is 0 Å². The highest BCUT2D eigenvalue weighted by Gasteiger charge is 2.40. The van der Waals surface area contributed by atoms with Crippen molar-refractivity contribution >= 4 is 0 Å². The summed E-state index contributed by atoms with van der Waals surface area (Å²) in [6, 6.07) is 0. The SMILES string of the molecule is CCOC1CCN(CCC2CCCC2(CO)NC)CC1. The molecule has 118 valence electrons. The summed E-state index contributed by atoms with van der Waals surface area (Å²) < 4.78 is 5.71. The Bertz CT molecular complexity index is 274. The zero-order valence-corrected chi connectivity index (χ0v) is 13.2. The Kier molecular flexibility index (Phi) is 6.27. The van der Waals surface area contributed by atoms with Gasteiger partial charge in [-0.2, -0.15) is 0 Å². The van der Waals surface area contributed by atoms with Gasteiger partial charge in [0, 0.05) is 25.2 Å². The number of rotatable bonds is 7. The maximum atomic E-state index is 9.73. The number of ether oxygens (including phenoxy) is 1. The van der Waals surface area contributed by atoms with Crippen LogP contribution in [-0.4, -0.2) is 61.5 Å². The summed E-state index contributed by atoms with van der Waals surface area (Å²) in [5.41, 5.74) is -0.0103. The third kappa shape index (κ3) is 3.73. The van der Waals surface area contributed by atoms with Crippen LogP contribution in [0.5, 0.6) is 0 Å². The van der Waals surface area contributed by atoms with Crippen molar-refractivity contribution in [3.05, 3.63) is 0 Å². The molecule has 0 aromatic carbocycles. The van der Waals surface area contributed by atoms with Crippen molar-refractivity contribution in [2.24, 2.45) is 5.92 Å². The van der Waals surface area contributed by atoms with Crippen LogP contribution in [0.2, 0.25) is 0 Å². The van der Waals surface area contributed by atoms with Crippen molar-refractivity contribution in [2.45, 2.75) is 57.1 Å². The molecule has 0 spiro atoms. The highest BCUT2D eigenvalue weighted by molar-refractivity contribution is 4.98. The molecule has 0 radical (unpaired) electrons. The van der Waals surface area contributed by atoms with E-state index >= 15 is 0 Å². The molecular formula is C16H32N2O2. The minimum absolute atomic E-state index is 0.0103. The summed E-state index contributed by atoms with van der Waals surface area (Å²) in [6.45, 7) is 6.71. The fourth-order valence-electron chi connectivity index (χ4n) is 4.05. The Morgan fingerprint density at radius 3 is 2.65 bits per heavy atom. The average Bonchev–Trinajstić information content (AvgIpc) is 2.90. The van der Waals surface area contributed by atoms with E-state index in [1.807, 2.05) is 7.05 Å². The van der Waals surface area contributed by atoms with E-state index in [-0.39, 0.29) is 12.1 Å². The van der Waals surface area contributed by atoms with Gasteiger partial charge in [-0.05, 0) is 58.5 Å². The van der Waals surface area contributed by atoms with E-state index in [4.69, 9.17) is 4.74 Å². The lowest BCUT2D eigenvalue weighted by molar-refractivity contribution is 0.0119. The first kappa shape index (κ1) is 16.2. The van der Waals surface area contributed by atoms with Gasteiger partial charge in [0.25, 0.3) is 0 Å². The van der Waals surface area contributed by atoms with Crippen molar-refractivity contribution < 1.29 is 9.84 Å². The third-order valence-electron chi connectivity index (χ3n) is 5.47. The van der Waals surface area contributed by atoms with Gasteiger partial charge in [-0.15, -0.1) is 0 Å². The molecule has 2 unspecified atom stereocenters. The minimum Gasteiger partial charge on any atom is -0.394 e. The largest absolute Gasteiger partial charge is 0.394 e. The van der Waals surface area contributed by atoms with Crippen LogP contribution in [0.4, 0.5) is 0 Å². The topological polar surface area (TPSA) is 44.7 Å². The zero-order valence-electron chi connectivity index (χ0n) is 13.2. The van der Waals surface area contributed by atoms with Crippen LogP contribution in [0.3, 0.4) is 0 Å². The monoisotopic (exact) mass is 284 g/mol. The van der Waals surface area contributed by atoms with Gasteiger partial charge in [0.1, 0.15) is 0 Å². The Labute approximate surface area is 123 Å². The van der Waals surface area contributed by atoms with Gasteiger partial charge >= 0.3 is 0 Å². The van der Waals surface area contributed by atoms with E-state index in [1.54, 1.807) is 0 Å². The number of likely N-dealkylation sites (tertiary alicyclic amines) is 1. The molecule has 0 bridgehead atoms. The van der Waals surface area contributed by atoms with Gasteiger partial charge < -0.3 is 20.1 Å². The second-order valence-corrected chi connectivity index (χ2v) is 6.44. The second-order valence-electron chi connectivity index (χ2n) is 6.44. The molecule has 0 aromatic rings. The van der Waals surface area contributed by atoms with Crippen LogP contribution in [0.25, 0.3) is 0 Å². The number of hydrogen-bond acceptors (Lipinski definition) is 4. The molecule has 2 fully saturated rings. The normalized spacial score (nSPS) is 32.9. The fraction of sp³-hybridized carbons (Fsp3) is 1.00. The van der Waals surface area contributed by atoms with Crippen LogP contribution in [0.1, 0.15) is 45.4 Å². The molecule has 1 saturated heterocycles. The number of nitrogens with one attached hydrogen (secondary N) is 1. The van der Waals surface area contributed by atoms with Crippen molar-refractivity contribution in [1.29, 1.82) is 0 Å². The Morgan fingerprint density at radius 2 is 2.05 bits per heavy atom. The molecule has 2 aliphatic rings. The highest BCUT2D eigenvalue weighted by atomic mass is 16.5. The van der Waals surface area contributed by atoms with Crippen molar-refractivity contribution in [3.63, 3.8) is 0 Å². The summed E-state index contributed by atoms with van der Waals surface area (Å²) in [5, 5.41) is 13.1. The Morgan fingerprint density at radius 1 is 1.30 bits per heavy atom. The molecule has 0 aromatic heterocycles. The summed E-state index contributed by atoms with van der Waals surface area (Å²) in [6.07, 6.45) is 7.68. The maximum absolute atomic E-state index is 9.73. The molecule has 0 amide bonds. The maximum Gasteiger partial charge on any atom is 0.0615 e. The number of hydrogen-bond donors (Lipinski definition) is 2. The molecule has 4 nitrogen and oxygen atoms in total. The fourth-order valence-corrected chi connectivity index (χ4v) is 4.05. The van der Waals surface area contributed by atoms with Gasteiger partial charge in [0.15, 0.2) is 0 Å². The Balaban J connectivity index is 1.73. The second kappa shape index (κ2) is 7.74. The van der Waals surface area contributed by atoms with Crippen LogP contribution >= 0.6 is 0 Å². The van der Waals surface area contributed by atoms with E-state index in [9.17, 15) is 5.11 Å². The molecule has 1 aliphatic carbocycles. The standard InChI is InChI=1S/C16H32N2O2/c1-3-20-15-7-11-18(12-8-15)10-6-14-5-4-9-16(14,13-19)17-2/h14-15,17,19H,3-13H2,1-2H3. The smallest absolute Gasteiger partial charge is 0.0615 e. The van der Waals surface area contributed by atoms with Crippen molar-refractivity contribution in [3.8, 4) is 0 Å². The molecule has 1 saturated carbocycles. The van der Waals surface area contributed by atoms with E-state index in [0.717, 1.165) is 13.0 Å². The molecule has 2 rings (SSSR count). The molecule has 2 atom stereocenters. The molecule has 20 heavy (non-hydrogen) atoms. The first-order valence-corrected chi connectivity index (χ1v) is 8.38. The minimum atomic E-state index is -0.0103. The highest BCUT2D eigenvalue weighted by Crippen LogP contribution is 2.37. The summed E-state index contributed by atoms with van der Waals surface area (Å²) >= 11 is 0. The van der Waals surface area contributed by atoms with Gasteiger partial charge in [-0.3, -0.25) is 0 Å². The number of aliphatic hydroxyl groups is 1. The van der Waals surface area contributed by atoms with E-state index < -0.39 is 0 Å². The summed E-state index contributed by atoms with van der Waals surface area (Å²) in [5.74, 6) is 0.627. The molecule has 1 aliphatic heterocycles. The molecule has 2 N–H and O–H groups in total. The quantitative estimate of drug-likeness (QED) is 0.746. The van der Waals surface area contributed by atoms with Crippen molar-refractivity contribution in [1.82, 2.24) is 10.2 Å². The molecular weight excluding hydrogens is 252 g/mol. The van der Waals surface area contributed by atoms with E-state index in [0.29, 0.717) is 12.0 Å². The predicted octanol–water partition coefficient (Wildman–Crippen LogP) is 1.63. The van der Waals surface area contributed by atoms with Crippen LogP contribution in [0, 0.1) is 5.92 Å². The van der Waals surface area contributed by atoms with Gasteiger partial charge in [0.05, 0.1) is 12.7 Å². The number of piperidine rings is 1. The van der Waals surface area contributed by atoms with Crippen LogP contribution in [-0.2, 0) is 4.74 Å². The van der Waals surface area contributed by atoms with Gasteiger partial charge in [0.2, 0.25) is 0 Å². The van der Waals surface area contributed by atoms with Gasteiger partial charge in [-0.1, -0.05) is 6.42 Å². The number of aliphatic hydroxyl groups excluding tert-OH is 1. The number of nitrogens with zero attached hydrogens (tertiary/aromatic N) is 1. The lowest BCUT2D eigenvalue weighted by Gasteiger charge is -2.36. The van der Waals surface area contributed by atoms with E-state index in [2.05, 4.69) is 17.1 Å². The Hall–Kier alpha value is -0.160. The molecule has 1 heterocycles. The van der Waals surface area contributed by atoms with Crippen LogP contribution < -0.4 is 5.32 Å². The first-order chi connectivity index (χ1) is 9.74. The first-order valence-electron chi connectivity index (χ1n) is 8.38. The lowest BCUT2D eigenvalue weighted by atomic mass is 9.85. The predicted molar refractivity (Wildman–Crippen MR) is 81.9 cm³/mol. The van der Waals surface area contributed by atoms with Gasteiger partial charge in [-0.25, -0.2) is 0 Å².